The van der Waals surface area contributed by atoms with E-state index in [9.17, 15) is 13.2 Å². The number of methoxy groups -OCH3 is 1. The zero-order valence-corrected chi connectivity index (χ0v) is 11.1. The fourth-order valence-corrected chi connectivity index (χ4v) is 1.62. The van der Waals surface area contributed by atoms with Crippen molar-refractivity contribution in [3.8, 4) is 5.75 Å². The van der Waals surface area contributed by atoms with Gasteiger partial charge in [0.05, 0.1) is 19.8 Å². The Balaban J connectivity index is 2.73. The molecular formula is C13H18F3NO2. The van der Waals surface area contributed by atoms with E-state index < -0.39 is 12.3 Å². The van der Waals surface area contributed by atoms with Crippen LogP contribution in [0.4, 0.5) is 13.2 Å². The minimum absolute atomic E-state index is 0.0858. The molecule has 0 amide bonds. The first-order chi connectivity index (χ1) is 8.90. The highest BCUT2D eigenvalue weighted by Crippen LogP contribution is 2.27. The Bertz CT molecular complexity index is 396. The molecule has 0 radical (unpaired) electrons. The topological polar surface area (TPSA) is 30.5 Å². The maximum Gasteiger partial charge on any atom is 0.414 e. The quantitative estimate of drug-likeness (QED) is 0.867. The van der Waals surface area contributed by atoms with Crippen LogP contribution in [0.1, 0.15) is 18.5 Å². The van der Waals surface area contributed by atoms with Gasteiger partial charge in [0, 0.05) is 5.56 Å². The average molecular weight is 277 g/mol. The van der Waals surface area contributed by atoms with Crippen LogP contribution in [0.15, 0.2) is 24.3 Å². The van der Waals surface area contributed by atoms with E-state index in [2.05, 4.69) is 5.32 Å². The summed E-state index contributed by atoms with van der Waals surface area (Å²) in [6.07, 6.45) is -6.14. The summed E-state index contributed by atoms with van der Waals surface area (Å²) in [7, 11) is 3.18. The molecular weight excluding hydrogens is 259 g/mol. The zero-order valence-electron chi connectivity index (χ0n) is 11.1. The van der Waals surface area contributed by atoms with Gasteiger partial charge in [0.1, 0.15) is 5.75 Å². The number of ether oxygens (including phenoxy) is 2. The Morgan fingerprint density at radius 1 is 1.26 bits per heavy atom. The normalized spacial score (nSPS) is 15.1. The molecule has 0 saturated heterocycles. The molecule has 1 rings (SSSR count). The molecule has 0 fully saturated rings. The third-order valence-corrected chi connectivity index (χ3v) is 2.84. The van der Waals surface area contributed by atoms with Crippen LogP contribution >= 0.6 is 0 Å². The van der Waals surface area contributed by atoms with Crippen molar-refractivity contribution in [1.29, 1.82) is 0 Å². The van der Waals surface area contributed by atoms with Gasteiger partial charge in [0.25, 0.3) is 0 Å². The van der Waals surface area contributed by atoms with Gasteiger partial charge in [-0.25, -0.2) is 0 Å². The first kappa shape index (κ1) is 15.8. The fourth-order valence-electron chi connectivity index (χ4n) is 1.62. The van der Waals surface area contributed by atoms with Gasteiger partial charge in [-0.1, -0.05) is 18.2 Å². The first-order valence-corrected chi connectivity index (χ1v) is 5.88. The van der Waals surface area contributed by atoms with Gasteiger partial charge in [-0.15, -0.1) is 0 Å². The maximum absolute atomic E-state index is 12.4. The van der Waals surface area contributed by atoms with Gasteiger partial charge < -0.3 is 14.8 Å². The van der Waals surface area contributed by atoms with Crippen LogP contribution in [-0.2, 0) is 4.74 Å². The lowest BCUT2D eigenvalue weighted by Crippen LogP contribution is -2.32. The van der Waals surface area contributed by atoms with Crippen LogP contribution in [0.2, 0.25) is 0 Å². The van der Waals surface area contributed by atoms with Crippen LogP contribution < -0.4 is 10.1 Å². The first-order valence-electron chi connectivity index (χ1n) is 5.88. The Morgan fingerprint density at radius 3 is 2.42 bits per heavy atom. The number of hydrogen-bond donors (Lipinski definition) is 1. The van der Waals surface area contributed by atoms with Gasteiger partial charge in [-0.2, -0.15) is 13.2 Å². The Hall–Kier alpha value is -1.27. The molecule has 0 saturated carbocycles. The summed E-state index contributed by atoms with van der Waals surface area (Å²) in [6, 6.07) is 6.79. The molecule has 0 aromatic heterocycles. The van der Waals surface area contributed by atoms with Crippen molar-refractivity contribution in [2.45, 2.75) is 25.2 Å². The van der Waals surface area contributed by atoms with Crippen LogP contribution in [0.25, 0.3) is 0 Å². The van der Waals surface area contributed by atoms with E-state index in [4.69, 9.17) is 9.47 Å². The second kappa shape index (κ2) is 6.77. The number of hydrogen-bond acceptors (Lipinski definition) is 3. The molecule has 1 aromatic carbocycles. The summed E-state index contributed by atoms with van der Waals surface area (Å²) in [4.78, 5) is 0. The van der Waals surface area contributed by atoms with E-state index in [1.165, 1.54) is 7.11 Å². The number of rotatable bonds is 6. The van der Waals surface area contributed by atoms with E-state index in [0.717, 1.165) is 12.5 Å². The van der Waals surface area contributed by atoms with Crippen LogP contribution in [0.3, 0.4) is 0 Å². The molecule has 3 nitrogen and oxygen atoms in total. The SMILES string of the molecule is CNC(COC(C)C(F)(F)F)c1ccccc1OC. The summed E-state index contributed by atoms with van der Waals surface area (Å²) in [5.41, 5.74) is 0.766. The predicted molar refractivity (Wildman–Crippen MR) is 66.3 cm³/mol. The lowest BCUT2D eigenvalue weighted by Gasteiger charge is -2.22. The maximum atomic E-state index is 12.4. The smallest absolute Gasteiger partial charge is 0.414 e. The number of likely N-dealkylation sites (N-methyl/N-ethyl adjacent to an activating group) is 1. The summed E-state index contributed by atoms with van der Waals surface area (Å²) < 4.78 is 47.2. The number of alkyl halides is 3. The third-order valence-electron chi connectivity index (χ3n) is 2.84. The van der Waals surface area contributed by atoms with Gasteiger partial charge in [-0.3, -0.25) is 0 Å². The molecule has 2 unspecified atom stereocenters. The van der Waals surface area contributed by atoms with Crippen molar-refractivity contribution in [2.75, 3.05) is 20.8 Å². The van der Waals surface area contributed by atoms with Crippen LogP contribution in [0, 0.1) is 0 Å². The molecule has 0 bridgehead atoms. The van der Waals surface area contributed by atoms with E-state index in [1.54, 1.807) is 31.3 Å². The van der Waals surface area contributed by atoms with Crippen molar-refractivity contribution in [1.82, 2.24) is 5.32 Å². The highest BCUT2D eigenvalue weighted by molar-refractivity contribution is 5.35. The van der Waals surface area contributed by atoms with Crippen LogP contribution in [-0.4, -0.2) is 33.0 Å². The van der Waals surface area contributed by atoms with Gasteiger partial charge in [0.15, 0.2) is 6.10 Å². The number of para-hydroxylation sites is 1. The lowest BCUT2D eigenvalue weighted by atomic mass is 10.1. The largest absolute Gasteiger partial charge is 0.496 e. The molecule has 1 N–H and O–H groups in total. The molecule has 1 aromatic rings. The summed E-state index contributed by atoms with van der Waals surface area (Å²) >= 11 is 0. The minimum atomic E-state index is -4.35. The highest BCUT2D eigenvalue weighted by Gasteiger charge is 2.37. The van der Waals surface area contributed by atoms with Gasteiger partial charge in [0.2, 0.25) is 0 Å². The summed E-state index contributed by atoms with van der Waals surface area (Å²) in [6.45, 7) is 0.909. The zero-order chi connectivity index (χ0) is 14.5. The summed E-state index contributed by atoms with van der Waals surface area (Å²) in [5.74, 6) is 0.616. The van der Waals surface area contributed by atoms with Crippen molar-refractivity contribution < 1.29 is 22.6 Å². The number of nitrogens with one attached hydrogen (secondary N) is 1. The van der Waals surface area contributed by atoms with Gasteiger partial charge in [-0.05, 0) is 20.0 Å². The van der Waals surface area contributed by atoms with E-state index in [0.29, 0.717) is 5.75 Å². The van der Waals surface area contributed by atoms with Crippen molar-refractivity contribution in [3.05, 3.63) is 29.8 Å². The van der Waals surface area contributed by atoms with Crippen molar-refractivity contribution >= 4 is 0 Å². The predicted octanol–water partition coefficient (Wildman–Crippen LogP) is 2.92. The van der Waals surface area contributed by atoms with Crippen LogP contribution in [0.5, 0.6) is 5.75 Å². The van der Waals surface area contributed by atoms with E-state index in [1.807, 2.05) is 0 Å². The second-order valence-corrected chi connectivity index (χ2v) is 4.10. The molecule has 19 heavy (non-hydrogen) atoms. The highest BCUT2D eigenvalue weighted by atomic mass is 19.4. The molecule has 0 heterocycles. The standard InChI is InChI=1S/C13H18F3NO2/c1-9(13(14,15)16)19-8-11(17-2)10-6-4-5-7-12(10)18-3/h4-7,9,11,17H,8H2,1-3H3. The molecule has 2 atom stereocenters. The van der Waals surface area contributed by atoms with E-state index in [-0.39, 0.29) is 12.6 Å². The molecule has 0 aliphatic carbocycles. The monoisotopic (exact) mass is 277 g/mol. The Morgan fingerprint density at radius 2 is 1.89 bits per heavy atom. The Kier molecular flexibility index (Phi) is 5.62. The number of halogens is 3. The Labute approximate surface area is 110 Å². The minimum Gasteiger partial charge on any atom is -0.496 e. The number of benzene rings is 1. The average Bonchev–Trinajstić information content (AvgIpc) is 2.38. The van der Waals surface area contributed by atoms with Crippen molar-refractivity contribution in [2.24, 2.45) is 0 Å². The fraction of sp³-hybridized carbons (Fsp3) is 0.538. The molecule has 0 aliphatic heterocycles. The van der Waals surface area contributed by atoms with Gasteiger partial charge >= 0.3 is 6.18 Å². The molecule has 0 aliphatic rings. The van der Waals surface area contributed by atoms with E-state index >= 15 is 0 Å². The molecule has 0 spiro atoms. The second-order valence-electron chi connectivity index (χ2n) is 4.10. The lowest BCUT2D eigenvalue weighted by molar-refractivity contribution is -0.215. The van der Waals surface area contributed by atoms with Crippen molar-refractivity contribution in [3.63, 3.8) is 0 Å². The third kappa shape index (κ3) is 4.40. The molecule has 6 heteroatoms. The summed E-state index contributed by atoms with van der Waals surface area (Å²) in [5, 5.41) is 2.93. The molecule has 108 valence electrons.